The van der Waals surface area contributed by atoms with Crippen molar-refractivity contribution in [1.29, 1.82) is 0 Å². The van der Waals surface area contributed by atoms with Crippen LogP contribution in [0.15, 0.2) is 54.6 Å². The molecule has 21 heavy (non-hydrogen) atoms. The fourth-order valence-electron chi connectivity index (χ4n) is 1.66. The van der Waals surface area contributed by atoms with Crippen LogP contribution in [-0.2, 0) is 4.79 Å². The summed E-state index contributed by atoms with van der Waals surface area (Å²) in [7, 11) is 1.59. The molecule has 0 spiro atoms. The molecule has 1 N–H and O–H groups in total. The Morgan fingerprint density at radius 2 is 1.71 bits per heavy atom. The quantitative estimate of drug-likeness (QED) is 0.817. The summed E-state index contributed by atoms with van der Waals surface area (Å²) in [5.41, 5.74) is 1.36. The van der Waals surface area contributed by atoms with E-state index >= 15 is 0 Å². The number of carbonyl (C=O) groups excluding carboxylic acids is 2. The second kappa shape index (κ2) is 7.62. The van der Waals surface area contributed by atoms with E-state index in [9.17, 15) is 9.59 Å². The molecular weight excluding hydrogens is 333 g/mol. The summed E-state index contributed by atoms with van der Waals surface area (Å²) in [6, 6.07) is 16.1. The molecule has 0 aliphatic rings. The summed E-state index contributed by atoms with van der Waals surface area (Å²) in [5.74, 6) is 0.584. The Morgan fingerprint density at radius 3 is 2.33 bits per heavy atom. The zero-order valence-electron chi connectivity index (χ0n) is 11.5. The molecule has 0 radical (unpaired) electrons. The predicted octanol–water partition coefficient (Wildman–Crippen LogP) is 2.60. The molecule has 0 unspecified atom stereocenters. The normalized spacial score (nSPS) is 9.95. The van der Waals surface area contributed by atoms with Gasteiger partial charge in [0.05, 0.1) is 0 Å². The van der Waals surface area contributed by atoms with Crippen molar-refractivity contribution < 1.29 is 14.3 Å². The summed E-state index contributed by atoms with van der Waals surface area (Å²) in [5, 5.41) is 3.00. The molecule has 0 aromatic heterocycles. The van der Waals surface area contributed by atoms with E-state index in [4.69, 9.17) is 4.74 Å². The van der Waals surface area contributed by atoms with Crippen LogP contribution in [0.2, 0.25) is 5.32 Å². The fourth-order valence-corrected chi connectivity index (χ4v) is 3.00. The molecule has 0 aliphatic carbocycles. The van der Waals surface area contributed by atoms with Crippen molar-refractivity contribution >= 4 is 31.2 Å². The molecule has 0 atom stereocenters. The molecule has 2 aromatic carbocycles. The van der Waals surface area contributed by atoms with Crippen LogP contribution in [0.1, 0.15) is 10.4 Å². The van der Waals surface area contributed by atoms with E-state index in [-0.39, 0.29) is 15.9 Å². The molecule has 0 saturated heterocycles. The Labute approximate surface area is 129 Å². The number of benzene rings is 2. The first kappa shape index (κ1) is 15.3. The number of hydrogen-bond donors (Lipinski definition) is 1. The first-order valence-electron chi connectivity index (χ1n) is 6.35. The maximum atomic E-state index is 11.9. The van der Waals surface area contributed by atoms with Crippen LogP contribution in [0.3, 0.4) is 0 Å². The van der Waals surface area contributed by atoms with Crippen LogP contribution in [-0.4, -0.2) is 32.7 Å². The van der Waals surface area contributed by atoms with Crippen molar-refractivity contribution in [3.8, 4) is 5.75 Å². The molecule has 0 fully saturated rings. The molecule has 0 heterocycles. The monoisotopic (exact) mass is 349 g/mol. The number of hydrogen-bond acceptors (Lipinski definition) is 3. The van der Waals surface area contributed by atoms with Gasteiger partial charge in [0.2, 0.25) is 0 Å². The summed E-state index contributed by atoms with van der Waals surface area (Å²) >= 11 is -0.391. The molecular formula is C16H15NO3Se. The van der Waals surface area contributed by atoms with Gasteiger partial charge in [0.1, 0.15) is 0 Å². The van der Waals surface area contributed by atoms with Crippen molar-refractivity contribution in [1.82, 2.24) is 0 Å². The van der Waals surface area contributed by atoms with E-state index in [0.717, 1.165) is 5.75 Å². The van der Waals surface area contributed by atoms with Crippen LogP contribution < -0.4 is 10.1 Å². The van der Waals surface area contributed by atoms with Crippen molar-refractivity contribution in [3.63, 3.8) is 0 Å². The molecule has 2 rings (SSSR count). The predicted molar refractivity (Wildman–Crippen MR) is 83.0 cm³/mol. The number of carbonyl (C=O) groups is 2. The minimum absolute atomic E-state index is 0.0352. The van der Waals surface area contributed by atoms with E-state index in [1.54, 1.807) is 43.5 Å². The van der Waals surface area contributed by atoms with Crippen LogP contribution in [0.25, 0.3) is 0 Å². The van der Waals surface area contributed by atoms with Gasteiger partial charge in [-0.1, -0.05) is 0 Å². The Hall–Kier alpha value is -2.10. The first-order chi connectivity index (χ1) is 10.2. The summed E-state index contributed by atoms with van der Waals surface area (Å²) in [6.45, 7) is 0. The maximum absolute atomic E-state index is 11.9. The van der Waals surface area contributed by atoms with Crippen molar-refractivity contribution in [2.45, 2.75) is 5.32 Å². The summed E-state index contributed by atoms with van der Waals surface area (Å²) in [4.78, 5) is 23.7. The van der Waals surface area contributed by atoms with E-state index in [1.165, 1.54) is 0 Å². The summed E-state index contributed by atoms with van der Waals surface area (Å²) in [6.07, 6.45) is 0. The van der Waals surface area contributed by atoms with Crippen LogP contribution >= 0.6 is 0 Å². The van der Waals surface area contributed by atoms with Crippen molar-refractivity contribution in [2.24, 2.45) is 0 Å². The van der Waals surface area contributed by atoms with E-state index < -0.39 is 15.0 Å². The zero-order chi connectivity index (χ0) is 15.1. The third-order valence-electron chi connectivity index (χ3n) is 2.72. The van der Waals surface area contributed by atoms with Gasteiger partial charge in [0, 0.05) is 0 Å². The van der Waals surface area contributed by atoms with Crippen molar-refractivity contribution in [2.75, 3.05) is 12.4 Å². The average Bonchev–Trinajstić information content (AvgIpc) is 2.54. The topological polar surface area (TPSA) is 55.4 Å². The van der Waals surface area contributed by atoms with E-state index in [0.29, 0.717) is 11.3 Å². The number of amides is 1. The Balaban J connectivity index is 1.83. The number of nitrogens with one attached hydrogen (secondary N) is 1. The second-order valence-corrected chi connectivity index (χ2v) is 6.21. The Morgan fingerprint density at radius 1 is 1.05 bits per heavy atom. The standard InChI is InChI=1S/C16H15NO3Se/c1-20-14-9-7-13(8-10-14)17-15(18)11-21-16(19)12-5-3-2-4-6-12/h2-10H,11H2,1H3,(H,17,18). The average molecular weight is 348 g/mol. The van der Waals surface area contributed by atoms with Crippen LogP contribution in [0.5, 0.6) is 5.75 Å². The SMILES string of the molecule is COc1ccc(NC(=O)C[Se]C(=O)c2ccccc2)cc1. The Bertz CT molecular complexity index is 611. The molecule has 0 aliphatic heterocycles. The fraction of sp³-hybridized carbons (Fsp3) is 0.125. The van der Waals surface area contributed by atoms with Crippen molar-refractivity contribution in [3.05, 3.63) is 60.2 Å². The number of ether oxygens (including phenoxy) is 1. The number of anilines is 1. The molecule has 0 bridgehead atoms. The van der Waals surface area contributed by atoms with Gasteiger partial charge in [0.25, 0.3) is 0 Å². The second-order valence-electron chi connectivity index (χ2n) is 4.22. The summed E-state index contributed by atoms with van der Waals surface area (Å²) < 4.78 is 5.08. The van der Waals surface area contributed by atoms with Gasteiger partial charge in [-0.25, -0.2) is 0 Å². The Kier molecular flexibility index (Phi) is 5.55. The third kappa shape index (κ3) is 4.74. The van der Waals surface area contributed by atoms with E-state index in [1.807, 2.05) is 18.2 Å². The molecule has 4 nitrogen and oxygen atoms in total. The van der Waals surface area contributed by atoms with Gasteiger partial charge < -0.3 is 0 Å². The van der Waals surface area contributed by atoms with E-state index in [2.05, 4.69) is 5.32 Å². The molecule has 1 amide bonds. The van der Waals surface area contributed by atoms with Gasteiger partial charge in [-0.05, 0) is 0 Å². The molecule has 0 saturated carbocycles. The van der Waals surface area contributed by atoms with Gasteiger partial charge in [-0.15, -0.1) is 0 Å². The van der Waals surface area contributed by atoms with Crippen LogP contribution in [0.4, 0.5) is 5.69 Å². The molecule has 5 heteroatoms. The third-order valence-corrected chi connectivity index (χ3v) is 4.62. The zero-order valence-corrected chi connectivity index (χ0v) is 13.2. The van der Waals surface area contributed by atoms with Gasteiger partial charge >= 0.3 is 129 Å². The van der Waals surface area contributed by atoms with Gasteiger partial charge in [-0.3, -0.25) is 0 Å². The first-order valence-corrected chi connectivity index (χ1v) is 8.42. The minimum atomic E-state index is -0.391. The van der Waals surface area contributed by atoms with Gasteiger partial charge in [-0.2, -0.15) is 0 Å². The van der Waals surface area contributed by atoms with Crippen LogP contribution in [0, 0.1) is 0 Å². The molecule has 2 aromatic rings. The number of methoxy groups -OCH3 is 1. The molecule has 108 valence electrons. The number of rotatable bonds is 6. The van der Waals surface area contributed by atoms with Gasteiger partial charge in [0.15, 0.2) is 0 Å².